The summed E-state index contributed by atoms with van der Waals surface area (Å²) in [4.78, 5) is 5.47. The van der Waals surface area contributed by atoms with Gasteiger partial charge >= 0.3 is 0 Å². The summed E-state index contributed by atoms with van der Waals surface area (Å²) in [5.41, 5.74) is 1.87. The van der Waals surface area contributed by atoms with E-state index in [4.69, 9.17) is 0 Å². The maximum absolute atomic E-state index is 11.6. The third-order valence-electron chi connectivity index (χ3n) is 8.90. The van der Waals surface area contributed by atoms with Crippen LogP contribution >= 0.6 is 0 Å². The fourth-order valence-corrected chi connectivity index (χ4v) is 7.75. The van der Waals surface area contributed by atoms with Gasteiger partial charge in [0.15, 0.2) is 0 Å². The first-order chi connectivity index (χ1) is 16.3. The van der Waals surface area contributed by atoms with Crippen molar-refractivity contribution in [3.8, 4) is 0 Å². The second kappa shape index (κ2) is 10.9. The molecule has 0 aromatic carbocycles. The van der Waals surface area contributed by atoms with Crippen molar-refractivity contribution in [3.63, 3.8) is 0 Å². The molecule has 7 atom stereocenters. The fourth-order valence-electron chi connectivity index (χ4n) is 7.75. The highest BCUT2D eigenvalue weighted by Gasteiger charge is 2.61. The van der Waals surface area contributed by atoms with Gasteiger partial charge in [-0.05, 0) is 76.7 Å². The lowest BCUT2D eigenvalue weighted by Gasteiger charge is -2.65. The first kappa shape index (κ1) is 23.3. The monoisotopic (exact) mass is 448 g/mol. The first-order valence-electron chi connectivity index (χ1n) is 13.7. The Morgan fingerprint density at radius 1 is 0.788 bits per heavy atom. The smallest absolute Gasteiger partial charge is 0.0707 e. The van der Waals surface area contributed by atoms with Crippen molar-refractivity contribution >= 4 is 0 Å². The lowest BCUT2D eigenvalue weighted by atomic mass is 9.51. The number of aliphatic hydroxyl groups is 1. The quantitative estimate of drug-likeness (QED) is 0.485. The number of aliphatic hydroxyl groups excluding tert-OH is 1. The van der Waals surface area contributed by atoms with Gasteiger partial charge < -0.3 is 5.11 Å². The van der Waals surface area contributed by atoms with Crippen LogP contribution in [-0.4, -0.2) is 59.8 Å². The van der Waals surface area contributed by atoms with E-state index in [0.29, 0.717) is 17.9 Å². The average molecular weight is 449 g/mol. The van der Waals surface area contributed by atoms with Crippen LogP contribution in [-0.2, 0) is 0 Å². The van der Waals surface area contributed by atoms with Gasteiger partial charge in [-0.15, -0.1) is 0 Å². The molecule has 6 rings (SSSR count). The Labute approximate surface area is 201 Å². The number of hydrogen-bond donors (Lipinski definition) is 1. The van der Waals surface area contributed by atoms with Gasteiger partial charge in [0.05, 0.1) is 6.10 Å². The molecule has 1 N–H and O–H groups in total. The summed E-state index contributed by atoms with van der Waals surface area (Å²) in [6, 6.07) is 0.510. The molecule has 0 aromatic heterocycles. The highest BCUT2D eigenvalue weighted by Crippen LogP contribution is 2.57. The minimum atomic E-state index is -0.200. The zero-order valence-electron chi connectivity index (χ0n) is 20.5. The number of fused-ring (bicyclic) bond motifs is 1. The third kappa shape index (κ3) is 5.01. The fraction of sp³-hybridized carbons (Fsp3) is 0.667. The van der Waals surface area contributed by atoms with E-state index >= 15 is 0 Å². The maximum Gasteiger partial charge on any atom is 0.0707 e. The Bertz CT molecular complexity index is 808. The molecule has 2 fully saturated rings. The molecule has 0 aromatic rings. The van der Waals surface area contributed by atoms with Gasteiger partial charge in [-0.3, -0.25) is 9.80 Å². The van der Waals surface area contributed by atoms with Crippen molar-refractivity contribution in [2.24, 2.45) is 17.3 Å². The Balaban J connectivity index is 1.51. The molecule has 3 heteroatoms. The molecule has 6 bridgehead atoms. The molecule has 3 nitrogen and oxygen atoms in total. The lowest BCUT2D eigenvalue weighted by molar-refractivity contribution is -0.159. The summed E-state index contributed by atoms with van der Waals surface area (Å²) in [5.74, 6) is 0.936. The van der Waals surface area contributed by atoms with Crippen LogP contribution in [0, 0.1) is 17.3 Å². The van der Waals surface area contributed by atoms with Gasteiger partial charge in [-0.1, -0.05) is 60.3 Å². The van der Waals surface area contributed by atoms with Crippen LogP contribution in [0.2, 0.25) is 0 Å². The van der Waals surface area contributed by atoms with Gasteiger partial charge in [0, 0.05) is 43.6 Å². The molecular formula is C30H44N2O. The second-order valence-electron chi connectivity index (χ2n) is 11.1. The zero-order chi connectivity index (χ0) is 22.5. The Hall–Kier alpha value is -1.42. The molecule has 5 aliphatic heterocycles. The van der Waals surface area contributed by atoms with Crippen LogP contribution in [0.15, 0.2) is 60.3 Å². The van der Waals surface area contributed by atoms with Crippen molar-refractivity contribution in [2.45, 2.75) is 76.4 Å². The minimum Gasteiger partial charge on any atom is -0.391 e. The highest BCUT2D eigenvalue weighted by molar-refractivity contribution is 5.31. The molecule has 1 aliphatic carbocycles. The number of allylic oxidation sites excluding steroid dienone is 7. The molecule has 6 aliphatic rings. The standard InChI is InChI=1S/C30H44N2O/c33-27-23-31-19-15-11-7-4-2-1-3-5-9-13-17-25-21-26-22-32-20-16-12-8-6-10-14-18-30(24-31,28(26)27)29(25)32/h1-2,5-7,9-11,21,26-29,33H,3-4,8,12-20,22-24H2/b2-1-,9-5+,10-6+,11-7+/t26-,27+,28-,29+,30+/m0/s1. The summed E-state index contributed by atoms with van der Waals surface area (Å²) < 4.78 is 0. The lowest BCUT2D eigenvalue weighted by Crippen LogP contribution is -2.72. The number of piperidine rings is 2. The van der Waals surface area contributed by atoms with Crippen LogP contribution in [0.4, 0.5) is 0 Å². The SMILES string of the molecule is O[C@@H]1CN2CC/C=C/C/C=C\C/C=C/CCC3=C[C@H]4CN5CCCC/C=C/CC[C@@](C2)([C@H]14)[C@@H]35. The molecule has 2 unspecified atom stereocenters. The number of rotatable bonds is 0. The van der Waals surface area contributed by atoms with E-state index in [0.717, 1.165) is 58.3 Å². The molecule has 0 radical (unpaired) electrons. The van der Waals surface area contributed by atoms with E-state index in [-0.39, 0.29) is 11.5 Å². The van der Waals surface area contributed by atoms with Crippen molar-refractivity contribution in [1.82, 2.24) is 9.80 Å². The van der Waals surface area contributed by atoms with E-state index in [1.165, 1.54) is 38.6 Å². The van der Waals surface area contributed by atoms with Gasteiger partial charge in [-0.2, -0.15) is 0 Å². The van der Waals surface area contributed by atoms with Crippen molar-refractivity contribution in [1.29, 1.82) is 0 Å². The molecule has 5 heterocycles. The van der Waals surface area contributed by atoms with Gasteiger partial charge in [0.2, 0.25) is 0 Å². The largest absolute Gasteiger partial charge is 0.391 e. The highest BCUT2D eigenvalue weighted by atomic mass is 16.3. The predicted molar refractivity (Wildman–Crippen MR) is 138 cm³/mol. The van der Waals surface area contributed by atoms with E-state index in [9.17, 15) is 5.11 Å². The summed E-state index contributed by atoms with van der Waals surface area (Å²) in [5, 5.41) is 11.6. The van der Waals surface area contributed by atoms with Gasteiger partial charge in [-0.25, -0.2) is 0 Å². The van der Waals surface area contributed by atoms with E-state index in [1.807, 2.05) is 0 Å². The Kier molecular flexibility index (Phi) is 7.69. The molecule has 33 heavy (non-hydrogen) atoms. The Morgan fingerprint density at radius 2 is 1.55 bits per heavy atom. The molecule has 0 saturated carbocycles. The van der Waals surface area contributed by atoms with Crippen LogP contribution in [0.5, 0.6) is 0 Å². The normalized spacial score (nSPS) is 45.8. The van der Waals surface area contributed by atoms with Gasteiger partial charge in [0.1, 0.15) is 0 Å². The molecule has 2 saturated heterocycles. The van der Waals surface area contributed by atoms with Crippen molar-refractivity contribution < 1.29 is 5.11 Å². The molecule has 180 valence electrons. The molecule has 0 amide bonds. The van der Waals surface area contributed by atoms with E-state index in [1.54, 1.807) is 5.57 Å². The summed E-state index contributed by atoms with van der Waals surface area (Å²) >= 11 is 0. The number of nitrogens with zero attached hydrogens (tertiary/aromatic N) is 2. The van der Waals surface area contributed by atoms with Crippen LogP contribution < -0.4 is 0 Å². The van der Waals surface area contributed by atoms with Crippen LogP contribution in [0.3, 0.4) is 0 Å². The van der Waals surface area contributed by atoms with Crippen LogP contribution in [0.25, 0.3) is 0 Å². The van der Waals surface area contributed by atoms with E-state index < -0.39 is 0 Å². The zero-order valence-corrected chi connectivity index (χ0v) is 20.5. The summed E-state index contributed by atoms with van der Waals surface area (Å²) in [6.07, 6.45) is 33.0. The molecular weight excluding hydrogens is 404 g/mol. The third-order valence-corrected chi connectivity index (χ3v) is 8.90. The summed E-state index contributed by atoms with van der Waals surface area (Å²) in [6.45, 7) is 5.46. The second-order valence-corrected chi connectivity index (χ2v) is 11.1. The van der Waals surface area contributed by atoms with Crippen molar-refractivity contribution in [3.05, 3.63) is 60.3 Å². The summed E-state index contributed by atoms with van der Waals surface area (Å²) in [7, 11) is 0. The predicted octanol–water partition coefficient (Wildman–Crippen LogP) is 5.66. The van der Waals surface area contributed by atoms with Crippen LogP contribution in [0.1, 0.15) is 64.2 Å². The van der Waals surface area contributed by atoms with Gasteiger partial charge in [0.25, 0.3) is 0 Å². The number of hydrogen-bond acceptors (Lipinski definition) is 3. The topological polar surface area (TPSA) is 26.7 Å². The Morgan fingerprint density at radius 3 is 2.42 bits per heavy atom. The molecule has 1 spiro atoms. The first-order valence-corrected chi connectivity index (χ1v) is 13.7. The van der Waals surface area contributed by atoms with Crippen molar-refractivity contribution in [2.75, 3.05) is 32.7 Å². The minimum absolute atomic E-state index is 0.183. The van der Waals surface area contributed by atoms with E-state index in [2.05, 4.69) is 64.5 Å². The maximum atomic E-state index is 11.6. The average Bonchev–Trinajstić information content (AvgIpc) is 2.83.